The van der Waals surface area contributed by atoms with Crippen molar-refractivity contribution >= 4 is 44.5 Å². The average Bonchev–Trinajstić information content (AvgIpc) is 2.61. The number of thiocarbonyl (C=S) groups is 1. The maximum atomic E-state index is 11.3. The maximum Gasteiger partial charge on any atom is 0.171 e. The Hall–Kier alpha value is -0.850. The molecule has 1 aromatic carbocycles. The predicted octanol–water partition coefficient (Wildman–Crippen LogP) is 1.81. The molecule has 0 bridgehead atoms. The molecule has 0 unspecified atom stereocenters. The predicted molar refractivity (Wildman–Crippen MR) is 77.9 cm³/mol. The maximum absolute atomic E-state index is 11.3. The number of hydrogen-bond acceptors (Lipinski definition) is 3. The summed E-state index contributed by atoms with van der Waals surface area (Å²) in [5.41, 5.74) is 0.706. The van der Waals surface area contributed by atoms with Gasteiger partial charge in [0.15, 0.2) is 14.9 Å². The van der Waals surface area contributed by atoms with Gasteiger partial charge in [-0.15, -0.1) is 0 Å². The molecular formula is C11H13ClN2O2S2. The van der Waals surface area contributed by atoms with E-state index in [0.717, 1.165) is 0 Å². The summed E-state index contributed by atoms with van der Waals surface area (Å²) in [5.74, 6) is 0.358. The summed E-state index contributed by atoms with van der Waals surface area (Å²) < 4.78 is 22.6. The molecule has 0 aromatic heterocycles. The minimum atomic E-state index is -2.90. The van der Waals surface area contributed by atoms with E-state index in [1.165, 1.54) is 0 Å². The van der Waals surface area contributed by atoms with Crippen LogP contribution >= 0.6 is 23.8 Å². The Labute approximate surface area is 117 Å². The number of anilines is 1. The van der Waals surface area contributed by atoms with E-state index in [1.54, 1.807) is 6.07 Å². The van der Waals surface area contributed by atoms with Crippen molar-refractivity contribution in [1.29, 1.82) is 0 Å². The van der Waals surface area contributed by atoms with E-state index in [2.05, 4.69) is 10.6 Å². The highest BCUT2D eigenvalue weighted by atomic mass is 35.5. The summed E-state index contributed by atoms with van der Waals surface area (Å²) in [6.07, 6.45) is 0.590. The summed E-state index contributed by atoms with van der Waals surface area (Å²) in [5, 5.41) is 6.91. The van der Waals surface area contributed by atoms with Crippen LogP contribution in [0.2, 0.25) is 5.02 Å². The fourth-order valence-corrected chi connectivity index (χ4v) is 3.95. The lowest BCUT2D eigenvalue weighted by Crippen LogP contribution is -2.38. The van der Waals surface area contributed by atoms with Gasteiger partial charge in [-0.05, 0) is 30.8 Å². The summed E-state index contributed by atoms with van der Waals surface area (Å²) in [6.45, 7) is 0. The number of benzene rings is 1. The highest BCUT2D eigenvalue weighted by molar-refractivity contribution is 7.91. The van der Waals surface area contributed by atoms with Crippen LogP contribution in [-0.2, 0) is 9.84 Å². The Morgan fingerprint density at radius 2 is 2.11 bits per heavy atom. The zero-order valence-electron chi connectivity index (χ0n) is 9.52. The molecule has 1 atom stereocenters. The Bertz CT molecular complexity index is 560. The average molecular weight is 305 g/mol. The van der Waals surface area contributed by atoms with Gasteiger partial charge in [-0.2, -0.15) is 0 Å². The third-order valence-electron chi connectivity index (χ3n) is 2.69. The first-order valence-electron chi connectivity index (χ1n) is 5.49. The topological polar surface area (TPSA) is 58.2 Å². The quantitative estimate of drug-likeness (QED) is 0.816. The Kier molecular flexibility index (Phi) is 4.09. The van der Waals surface area contributed by atoms with Crippen LogP contribution in [0.4, 0.5) is 5.69 Å². The zero-order valence-corrected chi connectivity index (χ0v) is 11.9. The van der Waals surface area contributed by atoms with Gasteiger partial charge in [0, 0.05) is 6.04 Å². The van der Waals surface area contributed by atoms with Crippen LogP contribution in [0, 0.1) is 0 Å². The summed E-state index contributed by atoms with van der Waals surface area (Å²) >= 11 is 11.1. The number of hydrogen-bond donors (Lipinski definition) is 2. The van der Waals surface area contributed by atoms with Crippen LogP contribution in [0.3, 0.4) is 0 Å². The van der Waals surface area contributed by atoms with Crippen LogP contribution < -0.4 is 10.6 Å². The largest absolute Gasteiger partial charge is 0.359 e. The van der Waals surface area contributed by atoms with E-state index in [1.807, 2.05) is 18.2 Å². The molecular weight excluding hydrogens is 292 g/mol. The molecule has 7 heteroatoms. The molecule has 98 valence electrons. The van der Waals surface area contributed by atoms with Gasteiger partial charge in [-0.1, -0.05) is 23.7 Å². The van der Waals surface area contributed by atoms with Crippen LogP contribution in [0.15, 0.2) is 24.3 Å². The molecule has 1 saturated heterocycles. The number of nitrogens with one attached hydrogen (secondary N) is 2. The van der Waals surface area contributed by atoms with Crippen molar-refractivity contribution in [1.82, 2.24) is 5.32 Å². The van der Waals surface area contributed by atoms with Gasteiger partial charge in [0.1, 0.15) is 0 Å². The molecule has 0 aliphatic carbocycles. The smallest absolute Gasteiger partial charge is 0.171 e. The molecule has 1 heterocycles. The second kappa shape index (κ2) is 5.42. The Morgan fingerprint density at radius 3 is 2.72 bits per heavy atom. The van der Waals surface area contributed by atoms with E-state index in [9.17, 15) is 8.42 Å². The number of para-hydroxylation sites is 1. The molecule has 2 rings (SSSR count). The van der Waals surface area contributed by atoms with Gasteiger partial charge in [0.05, 0.1) is 22.2 Å². The molecule has 1 aliphatic heterocycles. The van der Waals surface area contributed by atoms with E-state index >= 15 is 0 Å². The molecule has 0 spiro atoms. The van der Waals surface area contributed by atoms with Gasteiger partial charge < -0.3 is 10.6 Å². The molecule has 4 nitrogen and oxygen atoms in total. The van der Waals surface area contributed by atoms with Crippen LogP contribution in [0.1, 0.15) is 6.42 Å². The molecule has 0 radical (unpaired) electrons. The molecule has 0 amide bonds. The molecule has 1 aliphatic rings. The highest BCUT2D eigenvalue weighted by Crippen LogP contribution is 2.20. The Balaban J connectivity index is 1.92. The van der Waals surface area contributed by atoms with Gasteiger partial charge >= 0.3 is 0 Å². The third-order valence-corrected chi connectivity index (χ3v) is 5.01. The molecule has 2 N–H and O–H groups in total. The second-order valence-corrected chi connectivity index (χ2v) is 7.22. The zero-order chi connectivity index (χ0) is 13.2. The fourth-order valence-electron chi connectivity index (χ4n) is 1.82. The van der Waals surface area contributed by atoms with Crippen LogP contribution in [-0.4, -0.2) is 31.1 Å². The second-order valence-electron chi connectivity index (χ2n) is 4.18. The summed E-state index contributed by atoms with van der Waals surface area (Å²) in [6, 6.07) is 7.12. The lowest BCUT2D eigenvalue weighted by molar-refractivity contribution is 0.600. The summed E-state index contributed by atoms with van der Waals surface area (Å²) in [4.78, 5) is 0. The van der Waals surface area contributed by atoms with Crippen LogP contribution in [0.5, 0.6) is 0 Å². The van der Waals surface area contributed by atoms with Crippen molar-refractivity contribution in [3.8, 4) is 0 Å². The van der Waals surface area contributed by atoms with Gasteiger partial charge in [-0.25, -0.2) is 8.42 Å². The normalized spacial score (nSPS) is 21.5. The fraction of sp³-hybridized carbons (Fsp3) is 0.364. The van der Waals surface area contributed by atoms with Gasteiger partial charge in [-0.3, -0.25) is 0 Å². The van der Waals surface area contributed by atoms with Crippen molar-refractivity contribution in [3.63, 3.8) is 0 Å². The van der Waals surface area contributed by atoms with E-state index in [4.69, 9.17) is 23.8 Å². The summed E-state index contributed by atoms with van der Waals surface area (Å²) in [7, 11) is -2.90. The standard InChI is InChI=1S/C11H13ClN2O2S2/c12-9-3-1-2-4-10(9)14-11(17)13-8-5-6-18(15,16)7-8/h1-4,8H,5-7H2,(H2,13,14,17)/t8-/m0/s1. The number of rotatable bonds is 2. The van der Waals surface area contributed by atoms with Crippen molar-refractivity contribution in [3.05, 3.63) is 29.3 Å². The van der Waals surface area contributed by atoms with E-state index < -0.39 is 9.84 Å². The van der Waals surface area contributed by atoms with Crippen molar-refractivity contribution in [2.24, 2.45) is 0 Å². The van der Waals surface area contributed by atoms with Crippen molar-refractivity contribution in [2.75, 3.05) is 16.8 Å². The van der Waals surface area contributed by atoms with Crippen molar-refractivity contribution < 1.29 is 8.42 Å². The molecule has 0 saturated carbocycles. The first-order valence-corrected chi connectivity index (χ1v) is 8.09. The highest BCUT2D eigenvalue weighted by Gasteiger charge is 2.28. The lowest BCUT2D eigenvalue weighted by Gasteiger charge is -2.15. The van der Waals surface area contributed by atoms with Gasteiger partial charge in [0.25, 0.3) is 0 Å². The molecule has 18 heavy (non-hydrogen) atoms. The number of halogens is 1. The van der Waals surface area contributed by atoms with E-state index in [0.29, 0.717) is 22.2 Å². The SMILES string of the molecule is O=S1(=O)CC[C@H](NC(=S)Nc2ccccc2Cl)C1. The van der Waals surface area contributed by atoms with E-state index in [-0.39, 0.29) is 17.5 Å². The minimum Gasteiger partial charge on any atom is -0.359 e. The Morgan fingerprint density at radius 1 is 1.39 bits per heavy atom. The molecule has 1 aromatic rings. The monoisotopic (exact) mass is 304 g/mol. The third kappa shape index (κ3) is 3.57. The van der Waals surface area contributed by atoms with Gasteiger partial charge in [0.2, 0.25) is 0 Å². The number of sulfone groups is 1. The molecule has 1 fully saturated rings. The first-order chi connectivity index (χ1) is 8.46. The lowest BCUT2D eigenvalue weighted by atomic mass is 10.3. The first kappa shape index (κ1) is 13.6. The van der Waals surface area contributed by atoms with Crippen LogP contribution in [0.25, 0.3) is 0 Å². The minimum absolute atomic E-state index is 0.113. The van der Waals surface area contributed by atoms with Crippen molar-refractivity contribution in [2.45, 2.75) is 12.5 Å².